The first-order valence-corrected chi connectivity index (χ1v) is 5.24. The molecular weight excluding hydrogens is 194 g/mol. The maximum absolute atomic E-state index is 11.1. The summed E-state index contributed by atoms with van der Waals surface area (Å²) in [4.78, 5) is 13.3. The summed E-state index contributed by atoms with van der Waals surface area (Å²) in [5, 5.41) is 9.13. The van der Waals surface area contributed by atoms with Crippen molar-refractivity contribution in [3.8, 4) is 0 Å². The first-order chi connectivity index (χ1) is 7.24. The zero-order valence-electron chi connectivity index (χ0n) is 8.72. The largest absolute Gasteiger partial charge is 0.481 e. The lowest BCUT2D eigenvalue weighted by Crippen LogP contribution is -2.27. The van der Waals surface area contributed by atoms with Gasteiger partial charge < -0.3 is 9.52 Å². The molecule has 1 N–H and O–H groups in total. The van der Waals surface area contributed by atoms with Crippen LogP contribution >= 0.6 is 0 Å². The van der Waals surface area contributed by atoms with Gasteiger partial charge in [-0.05, 0) is 31.6 Å². The number of aliphatic carboxylic acids is 1. The molecule has 82 valence electrons. The number of hydrogen-bond donors (Lipinski definition) is 1. The van der Waals surface area contributed by atoms with Crippen LogP contribution in [0.25, 0.3) is 0 Å². The van der Waals surface area contributed by atoms with E-state index in [-0.39, 0.29) is 12.0 Å². The number of rotatable bonds is 3. The summed E-state index contributed by atoms with van der Waals surface area (Å²) in [6, 6.07) is 3.57. The standard InChI is InChI=1S/C11H15NO3/c1-2-12-6-5-8(11(13)14)10(12)9-4-3-7-15-9/h3-4,7-8,10H,2,5-6H2,1H3,(H,13,14)/t8-,10-/m0/s1. The summed E-state index contributed by atoms with van der Waals surface area (Å²) in [5.74, 6) is -0.301. The minimum absolute atomic E-state index is 0.0949. The molecule has 1 aromatic heterocycles. The van der Waals surface area contributed by atoms with E-state index < -0.39 is 5.97 Å². The topological polar surface area (TPSA) is 53.7 Å². The van der Waals surface area contributed by atoms with Gasteiger partial charge in [0.1, 0.15) is 5.76 Å². The predicted octanol–water partition coefficient (Wildman–Crippen LogP) is 1.75. The average Bonchev–Trinajstić information content (AvgIpc) is 2.85. The summed E-state index contributed by atoms with van der Waals surface area (Å²) in [6.07, 6.45) is 2.30. The molecule has 0 aliphatic carbocycles. The molecule has 1 aliphatic rings. The highest BCUT2D eigenvalue weighted by Crippen LogP contribution is 2.37. The van der Waals surface area contributed by atoms with E-state index in [1.807, 2.05) is 13.0 Å². The molecule has 4 heteroatoms. The minimum atomic E-state index is -0.729. The molecule has 0 amide bonds. The quantitative estimate of drug-likeness (QED) is 0.824. The average molecular weight is 209 g/mol. The first kappa shape index (κ1) is 10.2. The van der Waals surface area contributed by atoms with Gasteiger partial charge in [0.15, 0.2) is 0 Å². The van der Waals surface area contributed by atoms with Crippen LogP contribution in [0, 0.1) is 5.92 Å². The van der Waals surface area contributed by atoms with E-state index in [9.17, 15) is 4.79 Å². The Balaban J connectivity index is 2.26. The molecule has 0 spiro atoms. The van der Waals surface area contributed by atoms with Gasteiger partial charge in [-0.15, -0.1) is 0 Å². The van der Waals surface area contributed by atoms with E-state index >= 15 is 0 Å². The summed E-state index contributed by atoms with van der Waals surface area (Å²) in [7, 11) is 0. The van der Waals surface area contributed by atoms with Gasteiger partial charge in [-0.2, -0.15) is 0 Å². The third kappa shape index (κ3) is 1.77. The maximum atomic E-state index is 11.1. The molecule has 0 unspecified atom stereocenters. The zero-order chi connectivity index (χ0) is 10.8. The molecule has 0 saturated carbocycles. The fraction of sp³-hybridized carbons (Fsp3) is 0.545. The highest BCUT2D eigenvalue weighted by atomic mass is 16.4. The van der Waals surface area contributed by atoms with Gasteiger partial charge in [0.05, 0.1) is 18.2 Å². The summed E-state index contributed by atoms with van der Waals surface area (Å²) >= 11 is 0. The molecule has 1 aromatic rings. The van der Waals surface area contributed by atoms with Crippen LogP contribution in [-0.4, -0.2) is 29.1 Å². The molecule has 2 atom stereocenters. The molecule has 0 bridgehead atoms. The highest BCUT2D eigenvalue weighted by Gasteiger charge is 2.40. The number of furan rings is 1. The SMILES string of the molecule is CCN1CC[C@H](C(=O)O)[C@H]1c1ccco1. The highest BCUT2D eigenvalue weighted by molar-refractivity contribution is 5.71. The van der Waals surface area contributed by atoms with Gasteiger partial charge in [0.25, 0.3) is 0 Å². The van der Waals surface area contributed by atoms with Crippen molar-refractivity contribution in [2.24, 2.45) is 5.92 Å². The van der Waals surface area contributed by atoms with E-state index in [0.29, 0.717) is 6.42 Å². The molecule has 2 heterocycles. The third-order valence-electron chi connectivity index (χ3n) is 3.06. The number of hydrogen-bond acceptors (Lipinski definition) is 3. The lowest BCUT2D eigenvalue weighted by Gasteiger charge is -2.23. The molecule has 1 fully saturated rings. The van der Waals surface area contributed by atoms with Gasteiger partial charge in [0, 0.05) is 0 Å². The summed E-state index contributed by atoms with van der Waals surface area (Å²) in [5.41, 5.74) is 0. The molecule has 1 aliphatic heterocycles. The van der Waals surface area contributed by atoms with Crippen LogP contribution in [0.5, 0.6) is 0 Å². The maximum Gasteiger partial charge on any atom is 0.308 e. The van der Waals surface area contributed by atoms with E-state index in [1.54, 1.807) is 12.3 Å². The minimum Gasteiger partial charge on any atom is -0.481 e. The van der Waals surface area contributed by atoms with Crippen molar-refractivity contribution < 1.29 is 14.3 Å². The van der Waals surface area contributed by atoms with Crippen molar-refractivity contribution in [2.45, 2.75) is 19.4 Å². The van der Waals surface area contributed by atoms with Crippen LogP contribution in [0.1, 0.15) is 25.1 Å². The van der Waals surface area contributed by atoms with Crippen LogP contribution in [0.15, 0.2) is 22.8 Å². The molecule has 2 rings (SSSR count). The van der Waals surface area contributed by atoms with Crippen LogP contribution < -0.4 is 0 Å². The lowest BCUT2D eigenvalue weighted by atomic mass is 9.98. The van der Waals surface area contributed by atoms with E-state index in [4.69, 9.17) is 9.52 Å². The van der Waals surface area contributed by atoms with Gasteiger partial charge in [-0.3, -0.25) is 9.69 Å². The van der Waals surface area contributed by atoms with Crippen molar-refractivity contribution >= 4 is 5.97 Å². The second kappa shape index (κ2) is 4.06. The smallest absolute Gasteiger partial charge is 0.308 e. The Labute approximate surface area is 88.5 Å². The second-order valence-corrected chi connectivity index (χ2v) is 3.82. The van der Waals surface area contributed by atoms with Crippen LogP contribution in [-0.2, 0) is 4.79 Å². The Morgan fingerprint density at radius 2 is 2.53 bits per heavy atom. The molecule has 15 heavy (non-hydrogen) atoms. The molecule has 0 radical (unpaired) electrons. The molecule has 0 aromatic carbocycles. The molecule has 4 nitrogen and oxygen atoms in total. The van der Waals surface area contributed by atoms with E-state index in [0.717, 1.165) is 18.8 Å². The van der Waals surface area contributed by atoms with Crippen LogP contribution in [0.3, 0.4) is 0 Å². The fourth-order valence-corrected chi connectivity index (χ4v) is 2.31. The number of nitrogens with zero attached hydrogens (tertiary/aromatic N) is 1. The monoisotopic (exact) mass is 209 g/mol. The fourth-order valence-electron chi connectivity index (χ4n) is 2.31. The number of carbonyl (C=O) groups is 1. The Hall–Kier alpha value is -1.29. The van der Waals surface area contributed by atoms with E-state index in [2.05, 4.69) is 4.90 Å². The molecular formula is C11H15NO3. The second-order valence-electron chi connectivity index (χ2n) is 3.82. The van der Waals surface area contributed by atoms with E-state index in [1.165, 1.54) is 0 Å². The van der Waals surface area contributed by atoms with Gasteiger partial charge >= 0.3 is 5.97 Å². The number of carboxylic acids is 1. The van der Waals surface area contributed by atoms with Crippen molar-refractivity contribution in [3.05, 3.63) is 24.2 Å². The van der Waals surface area contributed by atoms with Gasteiger partial charge in [-0.1, -0.05) is 6.92 Å². The zero-order valence-corrected chi connectivity index (χ0v) is 8.72. The molecule has 1 saturated heterocycles. The van der Waals surface area contributed by atoms with Gasteiger partial charge in [-0.25, -0.2) is 0 Å². The third-order valence-corrected chi connectivity index (χ3v) is 3.06. The summed E-state index contributed by atoms with van der Waals surface area (Å²) in [6.45, 7) is 3.73. The Bertz CT molecular complexity index is 334. The first-order valence-electron chi connectivity index (χ1n) is 5.24. The Morgan fingerprint density at radius 1 is 1.73 bits per heavy atom. The normalized spacial score (nSPS) is 27.0. The van der Waals surface area contributed by atoms with Crippen molar-refractivity contribution in [3.63, 3.8) is 0 Å². The Kier molecular flexibility index (Phi) is 2.77. The van der Waals surface area contributed by atoms with Crippen molar-refractivity contribution in [2.75, 3.05) is 13.1 Å². The van der Waals surface area contributed by atoms with Crippen molar-refractivity contribution in [1.82, 2.24) is 4.90 Å². The predicted molar refractivity (Wildman–Crippen MR) is 54.4 cm³/mol. The van der Waals surface area contributed by atoms with Crippen molar-refractivity contribution in [1.29, 1.82) is 0 Å². The Morgan fingerprint density at radius 3 is 3.07 bits per heavy atom. The number of likely N-dealkylation sites (tertiary alicyclic amines) is 1. The number of carboxylic acid groups (broad SMARTS) is 1. The summed E-state index contributed by atoms with van der Waals surface area (Å²) < 4.78 is 5.32. The van der Waals surface area contributed by atoms with Crippen LogP contribution in [0.2, 0.25) is 0 Å². The lowest BCUT2D eigenvalue weighted by molar-refractivity contribution is -0.142. The van der Waals surface area contributed by atoms with Gasteiger partial charge in [0.2, 0.25) is 0 Å². The van der Waals surface area contributed by atoms with Crippen LogP contribution in [0.4, 0.5) is 0 Å².